The van der Waals surface area contributed by atoms with E-state index in [2.05, 4.69) is 5.32 Å². The topological polar surface area (TPSA) is 77.0 Å². The van der Waals surface area contributed by atoms with Crippen LogP contribution >= 0.6 is 0 Å². The van der Waals surface area contributed by atoms with Gasteiger partial charge in [-0.15, -0.1) is 0 Å². The van der Waals surface area contributed by atoms with Crippen LogP contribution in [0.25, 0.3) is 0 Å². The van der Waals surface area contributed by atoms with Gasteiger partial charge in [-0.1, -0.05) is 0 Å². The average Bonchev–Trinajstić information content (AvgIpc) is 2.99. The molecule has 0 aromatic heterocycles. The third kappa shape index (κ3) is 3.69. The van der Waals surface area contributed by atoms with Gasteiger partial charge < -0.3 is 24.6 Å². The number of phenols is 1. The van der Waals surface area contributed by atoms with Crippen molar-refractivity contribution in [3.8, 4) is 23.0 Å². The van der Waals surface area contributed by atoms with Crippen molar-refractivity contribution in [2.24, 2.45) is 0 Å². The molecule has 26 heavy (non-hydrogen) atoms. The number of nitrogens with one attached hydrogen (secondary N) is 1. The van der Waals surface area contributed by atoms with Gasteiger partial charge in [0, 0.05) is 24.1 Å². The second-order valence-corrected chi connectivity index (χ2v) is 6.20. The molecule has 2 aromatic rings. The summed E-state index contributed by atoms with van der Waals surface area (Å²) in [4.78, 5) is 12.5. The molecule has 0 aliphatic carbocycles. The molecule has 0 bridgehead atoms. The molecular formula is C20H23NO5. The summed E-state index contributed by atoms with van der Waals surface area (Å²) in [6, 6.07) is 8.42. The number of ether oxygens (including phenoxy) is 3. The van der Waals surface area contributed by atoms with E-state index in [0.29, 0.717) is 12.4 Å². The Bertz CT molecular complexity index is 818. The fraction of sp³-hybridized carbons (Fsp3) is 0.350. The molecule has 2 N–H and O–H groups in total. The summed E-state index contributed by atoms with van der Waals surface area (Å²) in [7, 11) is 1.51. The molecule has 0 saturated heterocycles. The van der Waals surface area contributed by atoms with Crippen molar-refractivity contribution in [2.75, 3.05) is 13.7 Å². The van der Waals surface area contributed by atoms with E-state index in [4.69, 9.17) is 14.2 Å². The van der Waals surface area contributed by atoms with Crippen LogP contribution in [0.4, 0.5) is 0 Å². The Morgan fingerprint density at radius 3 is 2.88 bits per heavy atom. The lowest BCUT2D eigenvalue weighted by Gasteiger charge is -2.14. The van der Waals surface area contributed by atoms with Crippen LogP contribution in [0.1, 0.15) is 35.3 Å². The fourth-order valence-corrected chi connectivity index (χ4v) is 3.00. The summed E-state index contributed by atoms with van der Waals surface area (Å²) in [6.45, 7) is 4.74. The number of aromatic hydroxyl groups is 1. The van der Waals surface area contributed by atoms with Crippen molar-refractivity contribution in [1.29, 1.82) is 0 Å². The summed E-state index contributed by atoms with van der Waals surface area (Å²) in [5.74, 6) is 1.58. The van der Waals surface area contributed by atoms with E-state index >= 15 is 0 Å². The summed E-state index contributed by atoms with van der Waals surface area (Å²) >= 11 is 0. The Morgan fingerprint density at radius 1 is 1.35 bits per heavy atom. The van der Waals surface area contributed by atoms with Crippen LogP contribution in [0.5, 0.6) is 23.0 Å². The Morgan fingerprint density at radius 2 is 2.15 bits per heavy atom. The van der Waals surface area contributed by atoms with Crippen LogP contribution in [-0.2, 0) is 13.0 Å². The summed E-state index contributed by atoms with van der Waals surface area (Å²) in [5.41, 5.74) is 2.10. The highest BCUT2D eigenvalue weighted by atomic mass is 16.5. The smallest absolute Gasteiger partial charge is 0.255 e. The number of methoxy groups -OCH3 is 1. The van der Waals surface area contributed by atoms with Crippen molar-refractivity contribution in [3.05, 3.63) is 47.0 Å². The second-order valence-electron chi connectivity index (χ2n) is 6.20. The summed E-state index contributed by atoms with van der Waals surface area (Å²) < 4.78 is 16.6. The molecule has 0 fully saturated rings. The molecule has 3 rings (SSSR count). The number of hydrogen-bond acceptors (Lipinski definition) is 5. The van der Waals surface area contributed by atoms with Gasteiger partial charge >= 0.3 is 0 Å². The zero-order valence-electron chi connectivity index (χ0n) is 15.2. The predicted octanol–water partition coefficient (Wildman–Crippen LogP) is 3.05. The van der Waals surface area contributed by atoms with Gasteiger partial charge in [0.1, 0.15) is 29.1 Å². The Hall–Kier alpha value is -2.89. The van der Waals surface area contributed by atoms with Gasteiger partial charge in [0.2, 0.25) is 0 Å². The molecule has 1 atom stereocenters. The van der Waals surface area contributed by atoms with E-state index < -0.39 is 5.91 Å². The van der Waals surface area contributed by atoms with E-state index in [1.165, 1.54) is 19.2 Å². The number of carbonyl (C=O) groups excluding carboxylic acids is 1. The van der Waals surface area contributed by atoms with Gasteiger partial charge in [0.05, 0.1) is 19.3 Å². The van der Waals surface area contributed by atoms with Crippen LogP contribution in [-0.4, -0.2) is 30.8 Å². The Balaban J connectivity index is 1.79. The number of benzene rings is 2. The lowest BCUT2D eigenvalue weighted by Crippen LogP contribution is -2.23. The van der Waals surface area contributed by atoms with Gasteiger partial charge in [-0.3, -0.25) is 4.79 Å². The number of amides is 1. The molecule has 1 aliphatic heterocycles. The molecule has 0 radical (unpaired) electrons. The number of phenolic OH excluding ortho intramolecular Hbond substituents is 1. The minimum atomic E-state index is -0.390. The summed E-state index contributed by atoms with van der Waals surface area (Å²) in [5, 5.41) is 12.8. The molecule has 2 aromatic carbocycles. The molecule has 6 heteroatoms. The minimum Gasteiger partial charge on any atom is -0.507 e. The molecule has 1 amide bonds. The van der Waals surface area contributed by atoms with Crippen molar-refractivity contribution in [2.45, 2.75) is 32.9 Å². The molecule has 1 heterocycles. The van der Waals surface area contributed by atoms with Gasteiger partial charge in [-0.25, -0.2) is 0 Å². The van der Waals surface area contributed by atoms with Crippen LogP contribution in [0.3, 0.4) is 0 Å². The molecule has 6 nitrogen and oxygen atoms in total. The van der Waals surface area contributed by atoms with Crippen molar-refractivity contribution >= 4 is 5.91 Å². The van der Waals surface area contributed by atoms with Crippen LogP contribution in [0.15, 0.2) is 30.3 Å². The van der Waals surface area contributed by atoms with Gasteiger partial charge in [0.25, 0.3) is 5.91 Å². The number of hydrogen-bond donors (Lipinski definition) is 2. The Labute approximate surface area is 152 Å². The first-order chi connectivity index (χ1) is 12.5. The number of fused-ring (bicyclic) bond motifs is 1. The predicted molar refractivity (Wildman–Crippen MR) is 97.2 cm³/mol. The lowest BCUT2D eigenvalue weighted by molar-refractivity contribution is 0.0947. The molecular weight excluding hydrogens is 334 g/mol. The van der Waals surface area contributed by atoms with Crippen molar-refractivity contribution in [1.82, 2.24) is 5.32 Å². The standard InChI is InChI=1S/C20H23NO5/c1-4-25-18-8-13-7-12(2)26-19(13)9-14(18)11-21-20(23)16-10-15(24-3)5-6-17(16)22/h5-6,8-10,12,22H,4,7,11H2,1-3H3,(H,21,23). The lowest BCUT2D eigenvalue weighted by atomic mass is 10.1. The van der Waals surface area contributed by atoms with E-state index in [-0.39, 0.29) is 24.0 Å². The van der Waals surface area contributed by atoms with Crippen LogP contribution < -0.4 is 19.5 Å². The highest BCUT2D eigenvalue weighted by Crippen LogP contribution is 2.35. The maximum atomic E-state index is 12.5. The van der Waals surface area contributed by atoms with Crippen LogP contribution in [0, 0.1) is 0 Å². The van der Waals surface area contributed by atoms with Gasteiger partial charge in [-0.2, -0.15) is 0 Å². The first kappa shape index (κ1) is 17.9. The third-order valence-corrected chi connectivity index (χ3v) is 4.27. The number of carbonyl (C=O) groups is 1. The zero-order valence-corrected chi connectivity index (χ0v) is 15.2. The molecule has 1 unspecified atom stereocenters. The molecule has 138 valence electrons. The Kier molecular flexibility index (Phi) is 5.21. The van der Waals surface area contributed by atoms with Gasteiger partial charge in [-0.05, 0) is 44.2 Å². The largest absolute Gasteiger partial charge is 0.507 e. The van der Waals surface area contributed by atoms with E-state index in [1.54, 1.807) is 6.07 Å². The highest BCUT2D eigenvalue weighted by molar-refractivity contribution is 5.97. The zero-order chi connectivity index (χ0) is 18.7. The minimum absolute atomic E-state index is 0.0977. The summed E-state index contributed by atoms with van der Waals surface area (Å²) in [6.07, 6.45) is 0.984. The van der Waals surface area contributed by atoms with E-state index in [9.17, 15) is 9.90 Å². The quantitative estimate of drug-likeness (QED) is 0.831. The van der Waals surface area contributed by atoms with E-state index in [1.807, 2.05) is 26.0 Å². The highest BCUT2D eigenvalue weighted by Gasteiger charge is 2.22. The van der Waals surface area contributed by atoms with Crippen LogP contribution in [0.2, 0.25) is 0 Å². The fourth-order valence-electron chi connectivity index (χ4n) is 3.00. The molecule has 1 aliphatic rings. The van der Waals surface area contributed by atoms with Gasteiger partial charge in [0.15, 0.2) is 0 Å². The normalized spacial score (nSPS) is 15.1. The molecule has 0 saturated carbocycles. The first-order valence-electron chi connectivity index (χ1n) is 8.62. The maximum Gasteiger partial charge on any atom is 0.255 e. The van der Waals surface area contributed by atoms with Crippen molar-refractivity contribution < 1.29 is 24.1 Å². The monoisotopic (exact) mass is 357 g/mol. The number of rotatable bonds is 6. The second kappa shape index (κ2) is 7.56. The molecule has 0 spiro atoms. The van der Waals surface area contributed by atoms with E-state index in [0.717, 1.165) is 29.0 Å². The van der Waals surface area contributed by atoms with Crippen molar-refractivity contribution in [3.63, 3.8) is 0 Å². The maximum absolute atomic E-state index is 12.5. The first-order valence-corrected chi connectivity index (χ1v) is 8.62. The SMILES string of the molecule is CCOc1cc2c(cc1CNC(=O)c1cc(OC)ccc1O)OC(C)C2. The third-order valence-electron chi connectivity index (χ3n) is 4.27. The average molecular weight is 357 g/mol.